The van der Waals surface area contributed by atoms with E-state index in [4.69, 9.17) is 5.73 Å². The van der Waals surface area contributed by atoms with Crippen LogP contribution in [0.15, 0.2) is 65.8 Å². The van der Waals surface area contributed by atoms with E-state index < -0.39 is 11.7 Å². The third kappa shape index (κ3) is 5.60. The Morgan fingerprint density at radius 1 is 1.17 bits per heavy atom. The van der Waals surface area contributed by atoms with Gasteiger partial charge in [-0.2, -0.15) is 13.2 Å². The van der Waals surface area contributed by atoms with Crippen molar-refractivity contribution in [3.8, 4) is 11.1 Å². The molecule has 0 saturated carbocycles. The summed E-state index contributed by atoms with van der Waals surface area (Å²) in [4.78, 5) is 21.1. The smallest absolute Gasteiger partial charge is 0.344 e. The molecule has 1 aliphatic heterocycles. The number of aromatic nitrogens is 1. The SMILES string of the molecule is C[C@@H](NC(=O)c1cc(N2CCN=CN2)ccn1)c1ccc(-c2cc(C(F)(F)F)ccc2CN)cc1. The number of carbonyl (C=O) groups is 1. The van der Waals surface area contributed by atoms with Gasteiger partial charge in [0.1, 0.15) is 12.0 Å². The Kier molecular flexibility index (Phi) is 7.02. The Hall–Kier alpha value is -3.92. The zero-order valence-electron chi connectivity index (χ0n) is 19.0. The zero-order chi connectivity index (χ0) is 25.0. The van der Waals surface area contributed by atoms with Crippen molar-refractivity contribution >= 4 is 17.9 Å². The standard InChI is InChI=1S/C25H25F3N6O/c1-16(33-24(35)23-13-21(8-9-31-23)34-11-10-30-15-32-34)17-2-4-18(5-3-17)22-12-20(25(26,27)28)7-6-19(22)14-29/h2-9,12-13,15-16H,10-11,14,29H2,1H3,(H,30,32)(H,33,35)/t16-/m1/s1. The fourth-order valence-electron chi connectivity index (χ4n) is 3.82. The molecule has 7 nitrogen and oxygen atoms in total. The van der Waals surface area contributed by atoms with Crippen molar-refractivity contribution in [1.29, 1.82) is 0 Å². The number of nitrogens with one attached hydrogen (secondary N) is 2. The zero-order valence-corrected chi connectivity index (χ0v) is 19.0. The van der Waals surface area contributed by atoms with Crippen LogP contribution in [0.1, 0.15) is 40.1 Å². The van der Waals surface area contributed by atoms with E-state index in [2.05, 4.69) is 20.7 Å². The molecule has 0 bridgehead atoms. The summed E-state index contributed by atoms with van der Waals surface area (Å²) in [5.41, 5.74) is 11.6. The maximum atomic E-state index is 13.2. The molecule has 0 unspecified atom stereocenters. The summed E-state index contributed by atoms with van der Waals surface area (Å²) in [6.45, 7) is 3.27. The molecular formula is C25H25F3N6O. The molecule has 182 valence electrons. The number of rotatable bonds is 6. The van der Waals surface area contributed by atoms with Gasteiger partial charge in [-0.15, -0.1) is 0 Å². The van der Waals surface area contributed by atoms with E-state index in [9.17, 15) is 18.0 Å². The summed E-state index contributed by atoms with van der Waals surface area (Å²) >= 11 is 0. The van der Waals surface area contributed by atoms with Crippen molar-refractivity contribution in [2.45, 2.75) is 25.7 Å². The minimum Gasteiger partial charge on any atom is -0.344 e. The van der Waals surface area contributed by atoms with Gasteiger partial charge < -0.3 is 11.1 Å². The third-order valence-electron chi connectivity index (χ3n) is 5.77. The first-order valence-electron chi connectivity index (χ1n) is 11.1. The molecule has 10 heteroatoms. The quantitative estimate of drug-likeness (QED) is 0.492. The van der Waals surface area contributed by atoms with Gasteiger partial charge in [0.15, 0.2) is 0 Å². The topological polar surface area (TPSA) is 95.6 Å². The molecule has 0 spiro atoms. The molecule has 2 aromatic carbocycles. The predicted molar refractivity (Wildman–Crippen MR) is 129 cm³/mol. The van der Waals surface area contributed by atoms with E-state index >= 15 is 0 Å². The number of aliphatic imine (C=N–C) groups is 1. The van der Waals surface area contributed by atoms with Crippen molar-refractivity contribution in [1.82, 2.24) is 15.7 Å². The largest absolute Gasteiger partial charge is 0.416 e. The fraction of sp³-hybridized carbons (Fsp3) is 0.240. The van der Waals surface area contributed by atoms with Gasteiger partial charge in [0.05, 0.1) is 30.4 Å². The molecule has 1 atom stereocenters. The van der Waals surface area contributed by atoms with E-state index in [1.165, 1.54) is 6.07 Å². The Morgan fingerprint density at radius 2 is 1.94 bits per heavy atom. The first kappa shape index (κ1) is 24.2. The lowest BCUT2D eigenvalue weighted by atomic mass is 9.95. The second-order valence-electron chi connectivity index (χ2n) is 8.11. The highest BCUT2D eigenvalue weighted by Crippen LogP contribution is 2.34. The van der Waals surface area contributed by atoms with Crippen molar-refractivity contribution < 1.29 is 18.0 Å². The Morgan fingerprint density at radius 3 is 2.60 bits per heavy atom. The summed E-state index contributed by atoms with van der Waals surface area (Å²) in [5.74, 6) is -0.336. The predicted octanol–water partition coefficient (Wildman–Crippen LogP) is 4.07. The molecule has 4 rings (SSSR count). The minimum absolute atomic E-state index is 0.119. The lowest BCUT2D eigenvalue weighted by molar-refractivity contribution is -0.137. The van der Waals surface area contributed by atoms with Crippen LogP contribution in [0.5, 0.6) is 0 Å². The van der Waals surface area contributed by atoms with E-state index in [1.54, 1.807) is 48.9 Å². The summed E-state index contributed by atoms with van der Waals surface area (Å²) in [7, 11) is 0. The first-order valence-corrected chi connectivity index (χ1v) is 11.1. The van der Waals surface area contributed by atoms with Gasteiger partial charge in [-0.05, 0) is 53.4 Å². The molecule has 0 radical (unpaired) electrons. The highest BCUT2D eigenvalue weighted by molar-refractivity contribution is 5.93. The van der Waals surface area contributed by atoms with Crippen LogP contribution in [0.2, 0.25) is 0 Å². The molecular weight excluding hydrogens is 457 g/mol. The Balaban J connectivity index is 1.49. The van der Waals surface area contributed by atoms with Crippen LogP contribution in [0.25, 0.3) is 11.1 Å². The lowest BCUT2D eigenvalue weighted by Gasteiger charge is -2.26. The summed E-state index contributed by atoms with van der Waals surface area (Å²) in [5, 5.41) is 4.79. The number of benzene rings is 2. The van der Waals surface area contributed by atoms with Crippen LogP contribution in [0.4, 0.5) is 18.9 Å². The average Bonchev–Trinajstić information content (AvgIpc) is 2.88. The van der Waals surface area contributed by atoms with Crippen LogP contribution >= 0.6 is 0 Å². The number of hydrogen-bond acceptors (Lipinski definition) is 6. The van der Waals surface area contributed by atoms with Gasteiger partial charge in [0.2, 0.25) is 0 Å². The number of carbonyl (C=O) groups excluding carboxylic acids is 1. The average molecular weight is 483 g/mol. The number of halogens is 3. The number of hydrogen-bond donors (Lipinski definition) is 3. The van der Waals surface area contributed by atoms with Gasteiger partial charge in [0.25, 0.3) is 5.91 Å². The number of anilines is 1. The first-order chi connectivity index (χ1) is 16.8. The molecule has 0 aliphatic carbocycles. The van der Waals surface area contributed by atoms with E-state index in [0.29, 0.717) is 29.8 Å². The molecule has 1 amide bonds. The summed E-state index contributed by atoms with van der Waals surface area (Å²) in [6, 6.07) is 13.7. The highest BCUT2D eigenvalue weighted by atomic mass is 19.4. The molecule has 4 N–H and O–H groups in total. The van der Waals surface area contributed by atoms with E-state index in [0.717, 1.165) is 23.4 Å². The van der Waals surface area contributed by atoms with Crippen LogP contribution in [0, 0.1) is 0 Å². The third-order valence-corrected chi connectivity index (χ3v) is 5.77. The van der Waals surface area contributed by atoms with Gasteiger partial charge in [-0.25, -0.2) is 0 Å². The fourth-order valence-corrected chi connectivity index (χ4v) is 3.82. The van der Waals surface area contributed by atoms with Crippen molar-refractivity contribution in [2.24, 2.45) is 10.7 Å². The van der Waals surface area contributed by atoms with Crippen molar-refractivity contribution in [2.75, 3.05) is 18.1 Å². The number of alkyl halides is 3. The number of amides is 1. The van der Waals surface area contributed by atoms with Gasteiger partial charge >= 0.3 is 6.18 Å². The molecule has 2 heterocycles. The van der Waals surface area contributed by atoms with Crippen molar-refractivity contribution in [3.63, 3.8) is 0 Å². The van der Waals surface area contributed by atoms with Crippen LogP contribution in [-0.4, -0.2) is 30.3 Å². The second-order valence-corrected chi connectivity index (χ2v) is 8.11. The van der Waals surface area contributed by atoms with Crippen LogP contribution in [-0.2, 0) is 12.7 Å². The lowest BCUT2D eigenvalue weighted by Crippen LogP contribution is -2.42. The maximum absolute atomic E-state index is 13.2. The monoisotopic (exact) mass is 482 g/mol. The van der Waals surface area contributed by atoms with Crippen LogP contribution in [0.3, 0.4) is 0 Å². The number of nitrogens with zero attached hydrogens (tertiary/aromatic N) is 3. The van der Waals surface area contributed by atoms with Gasteiger partial charge in [-0.1, -0.05) is 30.3 Å². The highest BCUT2D eigenvalue weighted by Gasteiger charge is 2.31. The molecule has 1 aliphatic rings. The molecule has 35 heavy (non-hydrogen) atoms. The number of nitrogens with two attached hydrogens (primary N) is 1. The number of hydrazine groups is 1. The second kappa shape index (κ2) is 10.1. The summed E-state index contributed by atoms with van der Waals surface area (Å²) < 4.78 is 39.6. The molecule has 0 saturated heterocycles. The van der Waals surface area contributed by atoms with E-state index in [1.807, 2.05) is 11.9 Å². The van der Waals surface area contributed by atoms with Crippen molar-refractivity contribution in [3.05, 3.63) is 83.2 Å². The molecule has 3 aromatic rings. The van der Waals surface area contributed by atoms with E-state index in [-0.39, 0.29) is 24.2 Å². The molecule has 0 fully saturated rings. The number of pyridine rings is 1. The summed E-state index contributed by atoms with van der Waals surface area (Å²) in [6.07, 6.45) is -1.27. The Labute approximate surface area is 200 Å². The van der Waals surface area contributed by atoms with Gasteiger partial charge in [0, 0.05) is 12.7 Å². The minimum atomic E-state index is -4.44. The normalized spacial score (nSPS) is 14.4. The van der Waals surface area contributed by atoms with Gasteiger partial charge in [-0.3, -0.25) is 25.2 Å². The Bertz CT molecular complexity index is 1230. The maximum Gasteiger partial charge on any atom is 0.416 e. The van der Waals surface area contributed by atoms with Crippen LogP contribution < -0.4 is 21.5 Å². The molecule has 1 aromatic heterocycles.